The number of para-hydroxylation sites is 1. The molecule has 0 saturated carbocycles. The van der Waals surface area contributed by atoms with E-state index < -0.39 is 0 Å². The van der Waals surface area contributed by atoms with E-state index >= 15 is 0 Å². The molecule has 1 atom stereocenters. The highest BCUT2D eigenvalue weighted by molar-refractivity contribution is 6.07. The van der Waals surface area contributed by atoms with E-state index in [4.69, 9.17) is 9.15 Å². The van der Waals surface area contributed by atoms with Crippen LogP contribution in [-0.2, 0) is 4.74 Å². The van der Waals surface area contributed by atoms with E-state index in [1.165, 1.54) is 0 Å². The average molecular weight is 336 g/mol. The predicted octanol–water partition coefficient (Wildman–Crippen LogP) is 3.66. The molecule has 128 valence electrons. The van der Waals surface area contributed by atoms with Gasteiger partial charge in [0.15, 0.2) is 5.76 Å². The number of hydrogen-bond donors (Lipinski definition) is 0. The first-order chi connectivity index (χ1) is 12.1. The fourth-order valence-electron chi connectivity index (χ4n) is 3.22. The number of carbonyl (C=O) groups is 1. The second-order valence-electron chi connectivity index (χ2n) is 6.42. The van der Waals surface area contributed by atoms with Gasteiger partial charge in [0.2, 0.25) is 0 Å². The molecule has 1 fully saturated rings. The van der Waals surface area contributed by atoms with Gasteiger partial charge in [-0.3, -0.25) is 4.79 Å². The fraction of sp³-hybridized carbons (Fsp3) is 0.300. The third-order valence-corrected chi connectivity index (χ3v) is 4.47. The summed E-state index contributed by atoms with van der Waals surface area (Å²) in [6, 6.07) is 13.3. The normalized spacial score (nSPS) is 17.8. The van der Waals surface area contributed by atoms with Gasteiger partial charge in [-0.25, -0.2) is 4.98 Å². The molecule has 1 aliphatic rings. The summed E-state index contributed by atoms with van der Waals surface area (Å²) in [6.45, 7) is 5.66. The number of ether oxygens (including phenoxy) is 1. The van der Waals surface area contributed by atoms with Crippen molar-refractivity contribution in [1.82, 2.24) is 9.88 Å². The summed E-state index contributed by atoms with van der Waals surface area (Å²) in [5.41, 5.74) is 2.12. The van der Waals surface area contributed by atoms with Gasteiger partial charge >= 0.3 is 0 Å². The number of benzene rings is 1. The Balaban J connectivity index is 1.82. The van der Waals surface area contributed by atoms with Crippen LogP contribution in [0.15, 0.2) is 46.9 Å². The second kappa shape index (κ2) is 6.33. The molecule has 0 spiro atoms. The highest BCUT2D eigenvalue weighted by Gasteiger charge is 2.25. The average Bonchev–Trinajstić information content (AvgIpc) is 3.06. The number of aromatic nitrogens is 1. The van der Waals surface area contributed by atoms with Crippen LogP contribution < -0.4 is 0 Å². The summed E-state index contributed by atoms with van der Waals surface area (Å²) in [5, 5.41) is 0.860. The van der Waals surface area contributed by atoms with Crippen molar-refractivity contribution in [2.45, 2.75) is 20.0 Å². The van der Waals surface area contributed by atoms with Gasteiger partial charge in [0.25, 0.3) is 5.91 Å². The number of rotatable bonds is 2. The molecular weight excluding hydrogens is 316 g/mol. The Bertz CT molecular complexity index is 932. The van der Waals surface area contributed by atoms with Gasteiger partial charge in [-0.05, 0) is 38.1 Å². The third kappa shape index (κ3) is 3.03. The molecule has 0 aliphatic carbocycles. The molecule has 1 aliphatic heterocycles. The maximum absolute atomic E-state index is 13.2. The smallest absolute Gasteiger partial charge is 0.254 e. The second-order valence-corrected chi connectivity index (χ2v) is 6.42. The molecule has 5 heteroatoms. The Morgan fingerprint density at radius 2 is 2.08 bits per heavy atom. The van der Waals surface area contributed by atoms with Crippen LogP contribution in [0.3, 0.4) is 0 Å². The van der Waals surface area contributed by atoms with Crippen LogP contribution in [0, 0.1) is 6.92 Å². The van der Waals surface area contributed by atoms with E-state index in [1.807, 2.05) is 61.2 Å². The van der Waals surface area contributed by atoms with Gasteiger partial charge in [0.1, 0.15) is 11.5 Å². The molecule has 25 heavy (non-hydrogen) atoms. The quantitative estimate of drug-likeness (QED) is 0.716. The van der Waals surface area contributed by atoms with Gasteiger partial charge in [-0.2, -0.15) is 0 Å². The summed E-state index contributed by atoms with van der Waals surface area (Å²) in [5.74, 6) is 1.51. The van der Waals surface area contributed by atoms with Crippen molar-refractivity contribution in [3.8, 4) is 11.5 Å². The monoisotopic (exact) mass is 336 g/mol. The lowest BCUT2D eigenvalue weighted by Crippen LogP contribution is -2.44. The van der Waals surface area contributed by atoms with Gasteiger partial charge < -0.3 is 14.1 Å². The molecule has 3 aromatic rings. The van der Waals surface area contributed by atoms with E-state index in [9.17, 15) is 4.79 Å². The number of pyridine rings is 1. The summed E-state index contributed by atoms with van der Waals surface area (Å²) in [4.78, 5) is 19.7. The molecule has 0 bridgehead atoms. The molecule has 0 unspecified atom stereocenters. The van der Waals surface area contributed by atoms with Crippen molar-refractivity contribution in [2.75, 3.05) is 19.7 Å². The lowest BCUT2D eigenvalue weighted by molar-refractivity contribution is -0.0123. The van der Waals surface area contributed by atoms with Crippen LogP contribution in [0.25, 0.3) is 22.4 Å². The van der Waals surface area contributed by atoms with Crippen molar-refractivity contribution >= 4 is 16.8 Å². The van der Waals surface area contributed by atoms with Crippen LogP contribution in [0.5, 0.6) is 0 Å². The van der Waals surface area contributed by atoms with Crippen LogP contribution in [-0.4, -0.2) is 41.6 Å². The number of aryl methyl sites for hydroxylation is 1. The van der Waals surface area contributed by atoms with Crippen LogP contribution in [0.1, 0.15) is 23.0 Å². The highest BCUT2D eigenvalue weighted by atomic mass is 16.5. The Morgan fingerprint density at radius 1 is 1.24 bits per heavy atom. The lowest BCUT2D eigenvalue weighted by atomic mass is 10.0. The first-order valence-electron chi connectivity index (χ1n) is 8.49. The molecule has 2 aromatic heterocycles. The number of furan rings is 1. The van der Waals surface area contributed by atoms with Crippen LogP contribution >= 0.6 is 0 Å². The van der Waals surface area contributed by atoms with Crippen LogP contribution in [0.4, 0.5) is 0 Å². The highest BCUT2D eigenvalue weighted by Crippen LogP contribution is 2.27. The van der Waals surface area contributed by atoms with Gasteiger partial charge in [-0.15, -0.1) is 0 Å². The number of fused-ring (bicyclic) bond motifs is 1. The van der Waals surface area contributed by atoms with E-state index in [0.29, 0.717) is 36.7 Å². The van der Waals surface area contributed by atoms with E-state index in [2.05, 4.69) is 4.98 Å². The van der Waals surface area contributed by atoms with Crippen molar-refractivity contribution in [1.29, 1.82) is 0 Å². The Morgan fingerprint density at radius 3 is 2.84 bits per heavy atom. The largest absolute Gasteiger partial charge is 0.460 e. The van der Waals surface area contributed by atoms with Crippen molar-refractivity contribution in [3.63, 3.8) is 0 Å². The number of nitrogens with zero attached hydrogens (tertiary/aromatic N) is 2. The van der Waals surface area contributed by atoms with Crippen molar-refractivity contribution in [3.05, 3.63) is 53.8 Å². The minimum absolute atomic E-state index is 0.0123. The summed E-state index contributed by atoms with van der Waals surface area (Å²) in [7, 11) is 0. The SMILES string of the molecule is Cc1ccc(-c2cc(C(=O)N3CCO[C@@H](C)C3)c3ccccc3n2)o1. The van der Waals surface area contributed by atoms with Crippen LogP contribution in [0.2, 0.25) is 0 Å². The lowest BCUT2D eigenvalue weighted by Gasteiger charge is -2.31. The zero-order chi connectivity index (χ0) is 17.4. The zero-order valence-electron chi connectivity index (χ0n) is 14.4. The maximum Gasteiger partial charge on any atom is 0.254 e. The molecule has 3 heterocycles. The number of hydrogen-bond acceptors (Lipinski definition) is 4. The standard InChI is InChI=1S/C20H20N2O3/c1-13-7-8-19(25-13)18-11-16(15-5-3-4-6-17(15)21-18)20(23)22-9-10-24-14(2)12-22/h3-8,11,14H,9-10,12H2,1-2H3/t14-/m0/s1. The van der Waals surface area contributed by atoms with E-state index in [-0.39, 0.29) is 12.0 Å². The molecule has 1 saturated heterocycles. The topological polar surface area (TPSA) is 55.6 Å². The fourth-order valence-corrected chi connectivity index (χ4v) is 3.22. The molecule has 5 nitrogen and oxygen atoms in total. The van der Waals surface area contributed by atoms with Gasteiger partial charge in [-0.1, -0.05) is 18.2 Å². The predicted molar refractivity (Wildman–Crippen MR) is 95.5 cm³/mol. The minimum atomic E-state index is 0.0123. The number of amides is 1. The third-order valence-electron chi connectivity index (χ3n) is 4.47. The Hall–Kier alpha value is -2.66. The molecule has 4 rings (SSSR count). The minimum Gasteiger partial charge on any atom is -0.460 e. The molecule has 0 radical (unpaired) electrons. The Kier molecular flexibility index (Phi) is 4.01. The maximum atomic E-state index is 13.2. The van der Waals surface area contributed by atoms with Crippen molar-refractivity contribution < 1.29 is 13.9 Å². The summed E-state index contributed by atoms with van der Waals surface area (Å²) in [6.07, 6.45) is 0.0537. The van der Waals surface area contributed by atoms with E-state index in [1.54, 1.807) is 0 Å². The van der Waals surface area contributed by atoms with Crippen molar-refractivity contribution in [2.24, 2.45) is 0 Å². The molecule has 0 N–H and O–H groups in total. The number of morpholine rings is 1. The first kappa shape index (κ1) is 15.8. The summed E-state index contributed by atoms with van der Waals surface area (Å²) < 4.78 is 11.3. The molecular formula is C20H20N2O3. The van der Waals surface area contributed by atoms with E-state index in [0.717, 1.165) is 16.7 Å². The summed E-state index contributed by atoms with van der Waals surface area (Å²) >= 11 is 0. The van der Waals surface area contributed by atoms with Gasteiger partial charge in [0, 0.05) is 18.5 Å². The zero-order valence-corrected chi connectivity index (χ0v) is 14.4. The van der Waals surface area contributed by atoms with Gasteiger partial charge in [0.05, 0.1) is 23.8 Å². The Labute approximate surface area is 146 Å². The molecule has 1 aromatic carbocycles. The number of carbonyl (C=O) groups excluding carboxylic acids is 1. The first-order valence-corrected chi connectivity index (χ1v) is 8.49. The molecule has 1 amide bonds.